The van der Waals surface area contributed by atoms with Crippen LogP contribution in [0, 0.1) is 18.7 Å². The van der Waals surface area contributed by atoms with E-state index in [9.17, 15) is 18.0 Å². The van der Waals surface area contributed by atoms with Crippen molar-refractivity contribution < 1.29 is 22.7 Å². The number of anilines is 2. The van der Waals surface area contributed by atoms with E-state index in [1.54, 1.807) is 31.5 Å². The normalized spacial score (nSPS) is 19.2. The Bertz CT molecular complexity index is 1790. The monoisotopic (exact) mass is 623 g/mol. The number of nitrogens with zero attached hydrogens (tertiary/aromatic N) is 8. The number of pyridine rings is 1. The van der Waals surface area contributed by atoms with E-state index in [0.29, 0.717) is 47.9 Å². The molecule has 0 aromatic carbocycles. The lowest BCUT2D eigenvalue weighted by Gasteiger charge is -2.34. The topological polar surface area (TPSA) is 153 Å². The van der Waals surface area contributed by atoms with E-state index in [2.05, 4.69) is 41.0 Å². The van der Waals surface area contributed by atoms with Gasteiger partial charge in [-0.25, -0.2) is 37.5 Å². The first-order valence-electron chi connectivity index (χ1n) is 14.5. The Labute approximate surface area is 255 Å². The lowest BCUT2D eigenvalue weighted by molar-refractivity contribution is -0.132. The number of alkyl halides is 2. The molecule has 1 fully saturated rings. The van der Waals surface area contributed by atoms with E-state index >= 15 is 0 Å². The first-order chi connectivity index (χ1) is 21.7. The number of H-pyrrole nitrogens is 1. The molecular weight excluding hydrogens is 591 g/mol. The van der Waals surface area contributed by atoms with E-state index in [1.165, 1.54) is 21.8 Å². The molecule has 45 heavy (non-hydrogen) atoms. The van der Waals surface area contributed by atoms with Crippen molar-refractivity contribution in [2.45, 2.75) is 64.1 Å². The van der Waals surface area contributed by atoms with E-state index in [1.807, 2.05) is 13.8 Å². The van der Waals surface area contributed by atoms with Gasteiger partial charge < -0.3 is 15.4 Å². The van der Waals surface area contributed by atoms with E-state index in [0.717, 1.165) is 17.5 Å². The summed E-state index contributed by atoms with van der Waals surface area (Å²) in [6.45, 7) is 3.11. The van der Waals surface area contributed by atoms with Gasteiger partial charge in [0.1, 0.15) is 18.2 Å². The van der Waals surface area contributed by atoms with Gasteiger partial charge in [-0.3, -0.25) is 9.89 Å². The van der Waals surface area contributed by atoms with Crippen LogP contribution in [-0.2, 0) is 16.1 Å². The smallest absolute Gasteiger partial charge is 0.258 e. The van der Waals surface area contributed by atoms with Crippen LogP contribution in [0.5, 0.6) is 0 Å². The van der Waals surface area contributed by atoms with Crippen LogP contribution in [0.3, 0.4) is 0 Å². The van der Waals surface area contributed by atoms with Crippen LogP contribution in [-0.4, -0.2) is 70.3 Å². The fourth-order valence-electron chi connectivity index (χ4n) is 5.66. The zero-order valence-corrected chi connectivity index (χ0v) is 24.8. The standard InChI is InChI=1S/C29H32F3N11O2/c1-15-8-24(41-40-15)37-27-21-12-35-43(14-23(31)32)28(21)39-26(38-27)17-4-6-20(22(9-17)45-3)29(44)36-16(2)18-5-7-25(33-10-18)42-13-19(30)11-34-42/h5,7-8,10-13,16-17,20,22-23H,4,6,9,14H2,1-3H3,(H,36,44)(H2,37,38,39,40,41)/t16-,17-,20-,22-/m0/s1. The number of ether oxygens (including phenoxy) is 1. The Morgan fingerprint density at radius 2 is 2.02 bits per heavy atom. The third-order valence-corrected chi connectivity index (χ3v) is 7.99. The van der Waals surface area contributed by atoms with Crippen molar-refractivity contribution >= 4 is 28.6 Å². The summed E-state index contributed by atoms with van der Waals surface area (Å²) < 4.78 is 48.3. The number of nitrogens with one attached hydrogen (secondary N) is 3. The van der Waals surface area contributed by atoms with Crippen molar-refractivity contribution in [1.82, 2.24) is 50.0 Å². The third-order valence-electron chi connectivity index (χ3n) is 7.99. The van der Waals surface area contributed by atoms with Gasteiger partial charge in [0.05, 0.1) is 42.0 Å². The lowest BCUT2D eigenvalue weighted by atomic mass is 9.78. The van der Waals surface area contributed by atoms with Gasteiger partial charge in [-0.1, -0.05) is 6.07 Å². The Balaban J connectivity index is 1.18. The van der Waals surface area contributed by atoms with Crippen molar-refractivity contribution in [3.8, 4) is 5.82 Å². The number of aromatic amines is 1. The molecule has 5 aromatic heterocycles. The molecule has 1 amide bonds. The second-order valence-electron chi connectivity index (χ2n) is 11.1. The van der Waals surface area contributed by atoms with Crippen LogP contribution in [0.15, 0.2) is 43.0 Å². The molecule has 3 N–H and O–H groups in total. The predicted octanol–water partition coefficient (Wildman–Crippen LogP) is 4.36. The van der Waals surface area contributed by atoms with Gasteiger partial charge in [0.2, 0.25) is 5.91 Å². The highest BCUT2D eigenvalue weighted by Crippen LogP contribution is 2.38. The average Bonchev–Trinajstić information content (AvgIpc) is 3.76. The van der Waals surface area contributed by atoms with Crippen molar-refractivity contribution in [2.24, 2.45) is 5.92 Å². The maximum atomic E-state index is 13.4. The van der Waals surface area contributed by atoms with Gasteiger partial charge in [-0.15, -0.1) is 0 Å². The fourth-order valence-corrected chi connectivity index (χ4v) is 5.66. The maximum Gasteiger partial charge on any atom is 0.258 e. The number of halogens is 3. The van der Waals surface area contributed by atoms with Gasteiger partial charge in [-0.2, -0.15) is 15.3 Å². The molecule has 236 valence electrons. The van der Waals surface area contributed by atoms with Crippen LogP contribution in [0.25, 0.3) is 16.9 Å². The largest absolute Gasteiger partial charge is 0.381 e. The summed E-state index contributed by atoms with van der Waals surface area (Å²) in [4.78, 5) is 27.2. The molecule has 4 atom stereocenters. The van der Waals surface area contributed by atoms with Gasteiger partial charge in [0.15, 0.2) is 23.1 Å². The number of carbonyl (C=O) groups is 1. The number of hydrogen-bond donors (Lipinski definition) is 3. The highest BCUT2D eigenvalue weighted by molar-refractivity contribution is 5.88. The van der Waals surface area contributed by atoms with Crippen molar-refractivity contribution in [1.29, 1.82) is 0 Å². The number of rotatable bonds is 10. The summed E-state index contributed by atoms with van der Waals surface area (Å²) in [5.41, 5.74) is 1.90. The van der Waals surface area contributed by atoms with Gasteiger partial charge >= 0.3 is 0 Å². The van der Waals surface area contributed by atoms with Crippen molar-refractivity contribution in [2.75, 3.05) is 12.4 Å². The Hall–Kier alpha value is -4.86. The Morgan fingerprint density at radius 3 is 2.69 bits per heavy atom. The molecule has 0 spiro atoms. The second kappa shape index (κ2) is 12.6. The molecule has 5 aromatic rings. The summed E-state index contributed by atoms with van der Waals surface area (Å²) in [7, 11) is 1.56. The first kappa shape index (κ1) is 30.2. The SMILES string of the molecule is CO[C@H]1C[C@@H](c2nc(Nc3cc(C)[nH]n3)c3cnn(CC(F)F)c3n2)CC[C@@H]1C(=O)N[C@@H](C)c1ccc(-n2cc(F)cn2)nc1. The molecule has 0 saturated heterocycles. The zero-order valence-electron chi connectivity index (χ0n) is 24.8. The van der Waals surface area contributed by atoms with Crippen LogP contribution < -0.4 is 10.6 Å². The molecule has 1 aliphatic carbocycles. The molecule has 0 radical (unpaired) electrons. The lowest BCUT2D eigenvalue weighted by Crippen LogP contribution is -2.42. The molecule has 5 heterocycles. The molecule has 0 aliphatic heterocycles. The maximum absolute atomic E-state index is 13.4. The summed E-state index contributed by atoms with van der Waals surface area (Å²) in [5.74, 6) is 0.586. The molecule has 6 rings (SSSR count). The van der Waals surface area contributed by atoms with Crippen LogP contribution in [0.4, 0.5) is 24.8 Å². The van der Waals surface area contributed by atoms with Gasteiger partial charge in [0, 0.05) is 31.0 Å². The van der Waals surface area contributed by atoms with Crippen LogP contribution >= 0.6 is 0 Å². The molecular formula is C29H32F3N11O2. The summed E-state index contributed by atoms with van der Waals surface area (Å²) in [5, 5.41) is 21.8. The molecule has 0 bridgehead atoms. The zero-order chi connectivity index (χ0) is 31.7. The number of hydrogen-bond acceptors (Lipinski definition) is 9. The minimum absolute atomic E-state index is 0.159. The quantitative estimate of drug-likeness (QED) is 0.206. The van der Waals surface area contributed by atoms with Gasteiger partial charge in [-0.05, 0) is 44.7 Å². The van der Waals surface area contributed by atoms with Crippen molar-refractivity contribution in [3.05, 3.63) is 65.9 Å². The number of aryl methyl sites for hydroxylation is 1. The highest BCUT2D eigenvalue weighted by atomic mass is 19.3. The summed E-state index contributed by atoms with van der Waals surface area (Å²) >= 11 is 0. The molecule has 13 nitrogen and oxygen atoms in total. The van der Waals surface area contributed by atoms with E-state index in [4.69, 9.17) is 9.72 Å². The van der Waals surface area contributed by atoms with Crippen LogP contribution in [0.2, 0.25) is 0 Å². The van der Waals surface area contributed by atoms with Crippen LogP contribution in [0.1, 0.15) is 55.2 Å². The molecule has 1 saturated carbocycles. The van der Waals surface area contributed by atoms with E-state index in [-0.39, 0.29) is 23.5 Å². The second-order valence-corrected chi connectivity index (χ2v) is 11.1. The predicted molar refractivity (Wildman–Crippen MR) is 157 cm³/mol. The molecule has 1 aliphatic rings. The number of amides is 1. The molecule has 16 heteroatoms. The van der Waals surface area contributed by atoms with Crippen molar-refractivity contribution in [3.63, 3.8) is 0 Å². The summed E-state index contributed by atoms with van der Waals surface area (Å²) in [6, 6.07) is 4.96. The minimum Gasteiger partial charge on any atom is -0.381 e. The number of aromatic nitrogens is 9. The van der Waals surface area contributed by atoms with Gasteiger partial charge in [0.25, 0.3) is 6.43 Å². The highest BCUT2D eigenvalue weighted by Gasteiger charge is 2.38. The van der Waals surface area contributed by atoms with E-state index < -0.39 is 30.8 Å². The third kappa shape index (κ3) is 6.50. The Morgan fingerprint density at radius 1 is 1.18 bits per heavy atom. The average molecular weight is 624 g/mol. The number of fused-ring (bicyclic) bond motifs is 1. The molecule has 0 unspecified atom stereocenters. The first-order valence-corrected chi connectivity index (χ1v) is 14.5. The summed E-state index contributed by atoms with van der Waals surface area (Å²) in [6.07, 6.45) is 3.91. The fraction of sp³-hybridized carbons (Fsp3) is 0.414. The number of carbonyl (C=O) groups excluding carboxylic acids is 1. The number of methoxy groups -OCH3 is 1. The minimum atomic E-state index is -2.61. The Kier molecular flexibility index (Phi) is 8.47.